The van der Waals surface area contributed by atoms with Crippen LogP contribution in [0.15, 0.2) is 16.6 Å². The van der Waals surface area contributed by atoms with Crippen molar-refractivity contribution in [1.82, 2.24) is 0 Å². The van der Waals surface area contributed by atoms with Gasteiger partial charge >= 0.3 is 7.12 Å². The van der Waals surface area contributed by atoms with Gasteiger partial charge in [-0.1, -0.05) is 27.5 Å². The van der Waals surface area contributed by atoms with E-state index >= 15 is 0 Å². The van der Waals surface area contributed by atoms with Crippen molar-refractivity contribution in [2.75, 3.05) is 7.11 Å². The lowest BCUT2D eigenvalue weighted by Gasteiger charge is -2.32. The van der Waals surface area contributed by atoms with Crippen LogP contribution in [0.5, 0.6) is 5.75 Å². The molecule has 0 saturated carbocycles. The van der Waals surface area contributed by atoms with Crippen molar-refractivity contribution >= 4 is 40.1 Å². The van der Waals surface area contributed by atoms with E-state index in [0.29, 0.717) is 10.8 Å². The third kappa shape index (κ3) is 2.66. The fourth-order valence-corrected chi connectivity index (χ4v) is 2.75. The molecule has 0 spiro atoms. The average Bonchev–Trinajstić information content (AvgIpc) is 2.48. The van der Waals surface area contributed by atoms with Gasteiger partial charge in [0.2, 0.25) is 0 Å². The quantitative estimate of drug-likeness (QED) is 0.768. The summed E-state index contributed by atoms with van der Waals surface area (Å²) < 4.78 is 18.1. The zero-order valence-electron chi connectivity index (χ0n) is 11.7. The van der Waals surface area contributed by atoms with E-state index < -0.39 is 7.12 Å². The van der Waals surface area contributed by atoms with Gasteiger partial charge in [-0.2, -0.15) is 0 Å². The number of ether oxygens (including phenoxy) is 1. The van der Waals surface area contributed by atoms with Gasteiger partial charge in [-0.3, -0.25) is 0 Å². The Morgan fingerprint density at radius 1 is 1.16 bits per heavy atom. The molecule has 0 amide bonds. The molecule has 1 saturated heterocycles. The minimum atomic E-state index is -0.439. The van der Waals surface area contributed by atoms with Gasteiger partial charge in [0, 0.05) is 9.94 Å². The Morgan fingerprint density at radius 3 is 2.16 bits per heavy atom. The molecular formula is C13H17BBrClO3. The molecule has 6 heteroatoms. The summed E-state index contributed by atoms with van der Waals surface area (Å²) in [6.45, 7) is 8.09. The van der Waals surface area contributed by atoms with Crippen LogP contribution in [-0.4, -0.2) is 25.4 Å². The molecule has 1 aliphatic heterocycles. The maximum atomic E-state index is 6.08. The Morgan fingerprint density at radius 2 is 1.68 bits per heavy atom. The Labute approximate surface area is 127 Å². The highest BCUT2D eigenvalue weighted by atomic mass is 79.9. The van der Waals surface area contributed by atoms with Crippen LogP contribution in [0.1, 0.15) is 27.7 Å². The van der Waals surface area contributed by atoms with Crippen LogP contribution in [0, 0.1) is 0 Å². The first-order valence-corrected chi connectivity index (χ1v) is 7.23. The van der Waals surface area contributed by atoms with Gasteiger partial charge in [0.15, 0.2) is 0 Å². The van der Waals surface area contributed by atoms with E-state index in [1.54, 1.807) is 13.2 Å². The lowest BCUT2D eigenvalue weighted by molar-refractivity contribution is 0.00578. The van der Waals surface area contributed by atoms with Crippen molar-refractivity contribution in [3.05, 3.63) is 21.6 Å². The van der Waals surface area contributed by atoms with Crippen LogP contribution in [0.2, 0.25) is 5.02 Å². The number of methoxy groups -OCH3 is 1. The Kier molecular flexibility index (Phi) is 3.96. The van der Waals surface area contributed by atoms with Crippen LogP contribution in [0.4, 0.5) is 0 Å². The molecule has 0 N–H and O–H groups in total. The maximum Gasteiger partial charge on any atom is 0.496 e. The zero-order chi connectivity index (χ0) is 14.4. The molecule has 0 radical (unpaired) electrons. The first kappa shape index (κ1) is 15.2. The summed E-state index contributed by atoms with van der Waals surface area (Å²) in [5.74, 6) is 0.606. The number of hydrogen-bond donors (Lipinski definition) is 0. The Hall–Kier alpha value is -0.225. The van der Waals surface area contributed by atoms with Crippen molar-refractivity contribution in [3.63, 3.8) is 0 Å². The van der Waals surface area contributed by atoms with E-state index in [1.807, 2.05) is 33.8 Å². The highest BCUT2D eigenvalue weighted by molar-refractivity contribution is 9.10. The van der Waals surface area contributed by atoms with E-state index in [0.717, 1.165) is 9.94 Å². The molecule has 2 rings (SSSR count). The van der Waals surface area contributed by atoms with E-state index in [-0.39, 0.29) is 11.2 Å². The third-order valence-corrected chi connectivity index (χ3v) is 4.76. The largest absolute Gasteiger partial charge is 0.496 e. The molecule has 1 fully saturated rings. The topological polar surface area (TPSA) is 27.7 Å². The number of benzene rings is 1. The summed E-state index contributed by atoms with van der Waals surface area (Å²) in [7, 11) is 1.15. The maximum absolute atomic E-state index is 6.08. The summed E-state index contributed by atoms with van der Waals surface area (Å²) >= 11 is 9.58. The van der Waals surface area contributed by atoms with Gasteiger partial charge in [-0.15, -0.1) is 0 Å². The minimum Gasteiger partial charge on any atom is -0.495 e. The number of hydrogen-bond acceptors (Lipinski definition) is 3. The lowest BCUT2D eigenvalue weighted by Crippen LogP contribution is -2.41. The van der Waals surface area contributed by atoms with Crippen LogP contribution in [0.25, 0.3) is 0 Å². The van der Waals surface area contributed by atoms with E-state index in [9.17, 15) is 0 Å². The smallest absolute Gasteiger partial charge is 0.495 e. The van der Waals surface area contributed by atoms with Crippen molar-refractivity contribution < 1.29 is 14.0 Å². The van der Waals surface area contributed by atoms with E-state index in [4.69, 9.17) is 25.6 Å². The van der Waals surface area contributed by atoms with Crippen LogP contribution >= 0.6 is 27.5 Å². The lowest BCUT2D eigenvalue weighted by atomic mass is 9.79. The molecule has 1 aliphatic rings. The van der Waals surface area contributed by atoms with Crippen molar-refractivity contribution in [1.29, 1.82) is 0 Å². The summed E-state index contributed by atoms with van der Waals surface area (Å²) in [6, 6.07) is 3.63. The van der Waals surface area contributed by atoms with Gasteiger partial charge in [-0.25, -0.2) is 0 Å². The average molecular weight is 347 g/mol. The second-order valence-corrected chi connectivity index (χ2v) is 6.86. The van der Waals surface area contributed by atoms with Gasteiger partial charge in [0.25, 0.3) is 0 Å². The normalized spacial score (nSPS) is 20.7. The molecule has 0 aromatic heterocycles. The number of halogens is 2. The molecule has 19 heavy (non-hydrogen) atoms. The predicted octanol–water partition coefficient (Wildman–Crippen LogP) is 3.41. The molecule has 0 bridgehead atoms. The summed E-state index contributed by atoms with van der Waals surface area (Å²) in [5, 5.41) is 0.551. The SMILES string of the molecule is COc1cc(B2OC(C)(C)C(C)(C)O2)c(Br)cc1Cl. The summed E-state index contributed by atoms with van der Waals surface area (Å²) in [5.41, 5.74) is 0.133. The minimum absolute atomic E-state index is 0.371. The van der Waals surface area contributed by atoms with Crippen LogP contribution in [-0.2, 0) is 9.31 Å². The highest BCUT2D eigenvalue weighted by Gasteiger charge is 2.52. The van der Waals surface area contributed by atoms with Crippen molar-refractivity contribution in [2.45, 2.75) is 38.9 Å². The molecule has 3 nitrogen and oxygen atoms in total. The van der Waals surface area contributed by atoms with Gasteiger partial charge < -0.3 is 14.0 Å². The molecule has 0 aliphatic carbocycles. The van der Waals surface area contributed by atoms with E-state index in [2.05, 4.69) is 15.9 Å². The standard InChI is InChI=1S/C13H17BBrClO3/c1-12(2)13(3,4)19-14(18-12)8-6-11(17-5)10(16)7-9(8)15/h6-7H,1-5H3. The van der Waals surface area contributed by atoms with Gasteiger partial charge in [0.05, 0.1) is 23.3 Å². The monoisotopic (exact) mass is 346 g/mol. The third-order valence-electron chi connectivity index (χ3n) is 3.78. The summed E-state index contributed by atoms with van der Waals surface area (Å²) in [6.07, 6.45) is 0. The molecule has 0 unspecified atom stereocenters. The van der Waals surface area contributed by atoms with Crippen LogP contribution in [0.3, 0.4) is 0 Å². The molecule has 1 heterocycles. The fraction of sp³-hybridized carbons (Fsp3) is 0.538. The van der Waals surface area contributed by atoms with Gasteiger partial charge in [0.1, 0.15) is 5.75 Å². The summed E-state index contributed by atoms with van der Waals surface area (Å²) in [4.78, 5) is 0. The first-order valence-electron chi connectivity index (χ1n) is 6.06. The predicted molar refractivity (Wildman–Crippen MR) is 81.4 cm³/mol. The Bertz CT molecular complexity index is 489. The molecule has 0 atom stereocenters. The van der Waals surface area contributed by atoms with E-state index in [1.165, 1.54) is 0 Å². The van der Waals surface area contributed by atoms with Crippen LogP contribution < -0.4 is 10.2 Å². The highest BCUT2D eigenvalue weighted by Crippen LogP contribution is 2.38. The molecule has 1 aromatic carbocycles. The molecule has 104 valence electrons. The molecular weight excluding hydrogens is 330 g/mol. The Balaban J connectivity index is 2.39. The van der Waals surface area contributed by atoms with Gasteiger partial charge in [-0.05, 0) is 39.8 Å². The second kappa shape index (κ2) is 4.95. The van der Waals surface area contributed by atoms with Crippen molar-refractivity contribution in [3.8, 4) is 5.75 Å². The zero-order valence-corrected chi connectivity index (χ0v) is 14.1. The molecule has 1 aromatic rings. The fourth-order valence-electron chi connectivity index (χ4n) is 1.85. The second-order valence-electron chi connectivity index (χ2n) is 5.60. The van der Waals surface area contributed by atoms with Crippen molar-refractivity contribution in [2.24, 2.45) is 0 Å². The number of rotatable bonds is 2. The first-order chi connectivity index (χ1) is 8.68.